The molecular weight excluding hydrogens is 299 g/mol. The number of thioether (sulfide) groups is 1. The number of carboxylic acid groups (broad SMARTS) is 1. The Labute approximate surface area is 126 Å². The molecule has 0 saturated carbocycles. The molecule has 1 atom stereocenters. The Hall–Kier alpha value is -1.83. The number of aromatic carboxylic acids is 1. The van der Waals surface area contributed by atoms with E-state index in [4.69, 9.17) is 5.11 Å². The van der Waals surface area contributed by atoms with E-state index < -0.39 is 28.0 Å². The standard InChI is InChI=1S/C13H17FN2O4S/c1-4-8(7-21-3)15(2)11-6-10(14)9(13(17)18)5-12(11)16(19)20/h5-6,8H,4,7H2,1-3H3,(H,17,18). The Morgan fingerprint density at radius 3 is 2.62 bits per heavy atom. The number of nitrogens with zero attached hydrogens (tertiary/aromatic N) is 2. The van der Waals surface area contributed by atoms with Crippen LogP contribution in [0.25, 0.3) is 0 Å². The van der Waals surface area contributed by atoms with Gasteiger partial charge in [0.05, 0.1) is 4.92 Å². The van der Waals surface area contributed by atoms with Gasteiger partial charge in [-0.1, -0.05) is 6.92 Å². The predicted molar refractivity (Wildman–Crippen MR) is 80.9 cm³/mol. The van der Waals surface area contributed by atoms with Crippen LogP contribution in [-0.4, -0.2) is 41.1 Å². The first kappa shape index (κ1) is 17.2. The summed E-state index contributed by atoms with van der Waals surface area (Å²) in [6.07, 6.45) is 2.65. The zero-order chi connectivity index (χ0) is 16.2. The van der Waals surface area contributed by atoms with Gasteiger partial charge < -0.3 is 10.0 Å². The molecule has 0 spiro atoms. The van der Waals surface area contributed by atoms with Crippen molar-refractivity contribution >= 4 is 29.1 Å². The molecule has 0 heterocycles. The molecule has 1 aromatic rings. The Bertz CT molecular complexity index is 553. The lowest BCUT2D eigenvalue weighted by Crippen LogP contribution is -2.33. The maximum atomic E-state index is 13.8. The summed E-state index contributed by atoms with van der Waals surface area (Å²) in [4.78, 5) is 23.0. The fourth-order valence-corrected chi connectivity index (χ4v) is 2.88. The van der Waals surface area contributed by atoms with E-state index in [1.165, 1.54) is 0 Å². The van der Waals surface area contributed by atoms with E-state index in [1.54, 1.807) is 23.7 Å². The van der Waals surface area contributed by atoms with Gasteiger partial charge in [0.1, 0.15) is 17.1 Å². The monoisotopic (exact) mass is 316 g/mol. The van der Waals surface area contributed by atoms with Crippen LogP contribution in [0.3, 0.4) is 0 Å². The Balaban J connectivity index is 3.37. The van der Waals surface area contributed by atoms with Crippen LogP contribution in [0.4, 0.5) is 15.8 Å². The predicted octanol–water partition coefficient (Wildman–Crippen LogP) is 3.01. The summed E-state index contributed by atoms with van der Waals surface area (Å²) in [6, 6.07) is 1.69. The molecule has 0 aromatic heterocycles. The van der Waals surface area contributed by atoms with Crippen molar-refractivity contribution in [1.82, 2.24) is 0 Å². The highest BCUT2D eigenvalue weighted by molar-refractivity contribution is 7.98. The second-order valence-electron chi connectivity index (χ2n) is 4.51. The van der Waals surface area contributed by atoms with Crippen molar-refractivity contribution in [2.24, 2.45) is 0 Å². The topological polar surface area (TPSA) is 83.7 Å². The largest absolute Gasteiger partial charge is 0.478 e. The number of halogens is 1. The number of carbonyl (C=O) groups is 1. The zero-order valence-electron chi connectivity index (χ0n) is 12.0. The summed E-state index contributed by atoms with van der Waals surface area (Å²) in [7, 11) is 1.65. The van der Waals surface area contributed by atoms with Gasteiger partial charge in [-0.05, 0) is 12.7 Å². The molecule has 116 valence electrons. The van der Waals surface area contributed by atoms with Gasteiger partial charge in [-0.15, -0.1) is 0 Å². The summed E-state index contributed by atoms with van der Waals surface area (Å²) >= 11 is 1.58. The van der Waals surface area contributed by atoms with E-state index >= 15 is 0 Å². The third-order valence-corrected chi connectivity index (χ3v) is 3.97. The summed E-state index contributed by atoms with van der Waals surface area (Å²) in [5, 5.41) is 20.0. The number of rotatable bonds is 7. The lowest BCUT2D eigenvalue weighted by Gasteiger charge is -2.28. The quantitative estimate of drug-likeness (QED) is 0.615. The van der Waals surface area contributed by atoms with Crippen LogP contribution < -0.4 is 4.90 Å². The molecule has 1 N–H and O–H groups in total. The fourth-order valence-electron chi connectivity index (χ4n) is 2.04. The molecule has 0 amide bonds. The molecule has 8 heteroatoms. The first-order chi connectivity index (χ1) is 9.83. The van der Waals surface area contributed by atoms with Crippen molar-refractivity contribution in [3.8, 4) is 0 Å². The molecule has 0 radical (unpaired) electrons. The highest BCUT2D eigenvalue weighted by Gasteiger charge is 2.26. The van der Waals surface area contributed by atoms with Gasteiger partial charge in [-0.3, -0.25) is 10.1 Å². The van der Waals surface area contributed by atoms with Crippen molar-refractivity contribution in [2.75, 3.05) is 24.0 Å². The maximum absolute atomic E-state index is 13.8. The van der Waals surface area contributed by atoms with E-state index in [9.17, 15) is 19.3 Å². The molecule has 0 fully saturated rings. The van der Waals surface area contributed by atoms with Crippen molar-refractivity contribution in [3.63, 3.8) is 0 Å². The summed E-state index contributed by atoms with van der Waals surface area (Å²) in [5.41, 5.74) is -1.02. The van der Waals surface area contributed by atoms with Crippen LogP contribution in [0.15, 0.2) is 12.1 Å². The lowest BCUT2D eigenvalue weighted by atomic mass is 10.1. The van der Waals surface area contributed by atoms with Gasteiger partial charge in [0.25, 0.3) is 5.69 Å². The second-order valence-corrected chi connectivity index (χ2v) is 5.42. The van der Waals surface area contributed by atoms with E-state index in [0.717, 1.165) is 24.3 Å². The van der Waals surface area contributed by atoms with Crippen LogP contribution in [-0.2, 0) is 0 Å². The van der Waals surface area contributed by atoms with E-state index in [-0.39, 0.29) is 11.7 Å². The Morgan fingerprint density at radius 1 is 1.57 bits per heavy atom. The number of benzene rings is 1. The molecule has 1 unspecified atom stereocenters. The molecule has 21 heavy (non-hydrogen) atoms. The third-order valence-electron chi connectivity index (χ3n) is 3.25. The number of nitro benzene ring substituents is 1. The van der Waals surface area contributed by atoms with Crippen molar-refractivity contribution in [2.45, 2.75) is 19.4 Å². The Kier molecular flexibility index (Phi) is 5.95. The number of anilines is 1. The highest BCUT2D eigenvalue weighted by Crippen LogP contribution is 2.32. The van der Waals surface area contributed by atoms with Crippen LogP contribution >= 0.6 is 11.8 Å². The summed E-state index contributed by atoms with van der Waals surface area (Å²) < 4.78 is 13.8. The molecule has 0 aliphatic carbocycles. The molecular formula is C13H17FN2O4S. The second kappa shape index (κ2) is 7.26. The minimum atomic E-state index is -1.53. The molecule has 1 aromatic carbocycles. The minimum absolute atomic E-state index is 0.00576. The maximum Gasteiger partial charge on any atom is 0.338 e. The average Bonchev–Trinajstić information content (AvgIpc) is 2.42. The normalized spacial score (nSPS) is 12.0. The third kappa shape index (κ3) is 3.84. The molecule has 0 bridgehead atoms. The van der Waals surface area contributed by atoms with Gasteiger partial charge in [-0.2, -0.15) is 11.8 Å². The van der Waals surface area contributed by atoms with Crippen LogP contribution in [0, 0.1) is 15.9 Å². The van der Waals surface area contributed by atoms with Gasteiger partial charge in [0.15, 0.2) is 0 Å². The molecule has 0 aliphatic rings. The number of hydrogen-bond donors (Lipinski definition) is 1. The Morgan fingerprint density at radius 2 is 2.19 bits per heavy atom. The smallest absolute Gasteiger partial charge is 0.338 e. The van der Waals surface area contributed by atoms with Crippen LogP contribution in [0.5, 0.6) is 0 Å². The summed E-state index contributed by atoms with van der Waals surface area (Å²) in [5.74, 6) is -1.78. The molecule has 0 saturated heterocycles. The highest BCUT2D eigenvalue weighted by atomic mass is 32.2. The number of nitro groups is 1. The van der Waals surface area contributed by atoms with Crippen LogP contribution in [0.2, 0.25) is 0 Å². The van der Waals surface area contributed by atoms with E-state index in [1.807, 2.05) is 13.2 Å². The SMILES string of the molecule is CCC(CSC)N(C)c1cc(F)c(C(=O)O)cc1[N+](=O)[O-]. The number of carboxylic acids is 1. The summed E-state index contributed by atoms with van der Waals surface area (Å²) in [6.45, 7) is 1.94. The van der Waals surface area contributed by atoms with Gasteiger partial charge in [-0.25, -0.2) is 9.18 Å². The van der Waals surface area contributed by atoms with Gasteiger partial charge >= 0.3 is 5.97 Å². The van der Waals surface area contributed by atoms with E-state index in [0.29, 0.717) is 0 Å². The fraction of sp³-hybridized carbons (Fsp3) is 0.462. The van der Waals surface area contributed by atoms with Crippen LogP contribution in [0.1, 0.15) is 23.7 Å². The van der Waals surface area contributed by atoms with Crippen molar-refractivity contribution in [3.05, 3.63) is 33.6 Å². The van der Waals surface area contributed by atoms with E-state index in [2.05, 4.69) is 0 Å². The van der Waals surface area contributed by atoms with Crippen molar-refractivity contribution < 1.29 is 19.2 Å². The molecule has 1 rings (SSSR count). The van der Waals surface area contributed by atoms with Gasteiger partial charge in [0.2, 0.25) is 0 Å². The minimum Gasteiger partial charge on any atom is -0.478 e. The van der Waals surface area contributed by atoms with Crippen molar-refractivity contribution in [1.29, 1.82) is 0 Å². The lowest BCUT2D eigenvalue weighted by molar-refractivity contribution is -0.384. The first-order valence-corrected chi connectivity index (χ1v) is 7.65. The molecule has 0 aliphatic heterocycles. The zero-order valence-corrected chi connectivity index (χ0v) is 12.8. The molecule has 6 nitrogen and oxygen atoms in total. The number of hydrogen-bond acceptors (Lipinski definition) is 5. The first-order valence-electron chi connectivity index (χ1n) is 6.26. The van der Waals surface area contributed by atoms with Gasteiger partial charge in [0, 0.05) is 31.0 Å². The average molecular weight is 316 g/mol.